The van der Waals surface area contributed by atoms with Gasteiger partial charge < -0.3 is 4.74 Å². The number of carbonyl (C=O) groups is 1. The maximum absolute atomic E-state index is 11.0. The van der Waals surface area contributed by atoms with Crippen LogP contribution in [0.15, 0.2) is 18.2 Å². The average molecular weight is 316 g/mol. The van der Waals surface area contributed by atoms with Crippen molar-refractivity contribution >= 4 is 28.6 Å². The Labute approximate surface area is 103 Å². The second kappa shape index (κ2) is 4.51. The van der Waals surface area contributed by atoms with Crippen molar-refractivity contribution in [2.45, 2.75) is 32.3 Å². The number of esters is 1. The van der Waals surface area contributed by atoms with Gasteiger partial charge >= 0.3 is 5.97 Å². The molecule has 0 fully saturated rings. The van der Waals surface area contributed by atoms with Gasteiger partial charge in [-0.3, -0.25) is 4.79 Å². The van der Waals surface area contributed by atoms with E-state index in [0.29, 0.717) is 0 Å². The Morgan fingerprint density at radius 2 is 2.33 bits per heavy atom. The molecule has 1 atom stereocenters. The van der Waals surface area contributed by atoms with Gasteiger partial charge in [0.2, 0.25) is 0 Å². The highest BCUT2D eigenvalue weighted by Gasteiger charge is 2.23. The summed E-state index contributed by atoms with van der Waals surface area (Å²) in [6.07, 6.45) is 3.13. The van der Waals surface area contributed by atoms with Crippen molar-refractivity contribution in [2.75, 3.05) is 0 Å². The Morgan fingerprint density at radius 3 is 3.07 bits per heavy atom. The topological polar surface area (TPSA) is 26.3 Å². The summed E-state index contributed by atoms with van der Waals surface area (Å²) in [5.41, 5.74) is 2.55. The number of carbonyl (C=O) groups excluding carboxylic acids is 1. The van der Waals surface area contributed by atoms with E-state index >= 15 is 0 Å². The fraction of sp³-hybridized carbons (Fsp3) is 0.417. The lowest BCUT2D eigenvalue weighted by molar-refractivity contribution is -0.147. The molecule has 80 valence electrons. The molecule has 1 unspecified atom stereocenters. The summed E-state index contributed by atoms with van der Waals surface area (Å²) < 4.78 is 6.61. The molecule has 1 aliphatic rings. The summed E-state index contributed by atoms with van der Waals surface area (Å²) in [5, 5.41) is 0. The maximum Gasteiger partial charge on any atom is 0.303 e. The number of ether oxygens (including phenoxy) is 1. The summed E-state index contributed by atoms with van der Waals surface area (Å²) in [5.74, 6) is -0.188. The molecule has 2 nitrogen and oxygen atoms in total. The summed E-state index contributed by atoms with van der Waals surface area (Å²) >= 11 is 2.35. The summed E-state index contributed by atoms with van der Waals surface area (Å²) in [6.45, 7) is 1.47. The predicted octanol–water partition coefficient (Wildman–Crippen LogP) is 3.23. The first-order valence-electron chi connectivity index (χ1n) is 5.13. The Kier molecular flexibility index (Phi) is 3.29. The molecule has 0 heterocycles. The summed E-state index contributed by atoms with van der Waals surface area (Å²) in [6, 6.07) is 6.21. The van der Waals surface area contributed by atoms with E-state index in [-0.39, 0.29) is 12.1 Å². The van der Waals surface area contributed by atoms with Gasteiger partial charge in [0, 0.05) is 10.5 Å². The third kappa shape index (κ3) is 2.33. The van der Waals surface area contributed by atoms with E-state index in [4.69, 9.17) is 4.74 Å². The molecule has 0 saturated carbocycles. The maximum atomic E-state index is 11.0. The Bertz CT molecular complexity index is 387. The minimum absolute atomic E-state index is 0.0269. The van der Waals surface area contributed by atoms with Crippen LogP contribution >= 0.6 is 22.6 Å². The van der Waals surface area contributed by atoms with Crippen molar-refractivity contribution in [2.24, 2.45) is 0 Å². The van der Waals surface area contributed by atoms with Crippen LogP contribution in [-0.4, -0.2) is 5.97 Å². The largest absolute Gasteiger partial charge is 0.458 e. The smallest absolute Gasteiger partial charge is 0.303 e. The molecule has 0 saturated heterocycles. The Morgan fingerprint density at radius 1 is 1.53 bits per heavy atom. The molecule has 0 bridgehead atoms. The van der Waals surface area contributed by atoms with Crippen LogP contribution in [0.3, 0.4) is 0 Å². The highest BCUT2D eigenvalue weighted by Crippen LogP contribution is 2.34. The highest BCUT2D eigenvalue weighted by atomic mass is 127. The average Bonchev–Trinajstić information content (AvgIpc) is 2.19. The van der Waals surface area contributed by atoms with Crippen molar-refractivity contribution in [3.63, 3.8) is 0 Å². The Hall–Kier alpha value is -0.580. The number of benzene rings is 1. The molecular weight excluding hydrogens is 303 g/mol. The quantitative estimate of drug-likeness (QED) is 0.587. The standard InChI is InChI=1S/C12H13IO2/c1-8(14)15-12-7-3-4-9-10(12)5-2-6-11(9)13/h2,5-6,12H,3-4,7H2,1H3. The van der Waals surface area contributed by atoms with Crippen molar-refractivity contribution in [3.8, 4) is 0 Å². The van der Waals surface area contributed by atoms with E-state index in [0.717, 1.165) is 19.3 Å². The van der Waals surface area contributed by atoms with Crippen LogP contribution in [0.2, 0.25) is 0 Å². The first-order valence-corrected chi connectivity index (χ1v) is 6.21. The van der Waals surface area contributed by atoms with Gasteiger partial charge in [0.05, 0.1) is 0 Å². The van der Waals surface area contributed by atoms with E-state index in [1.54, 1.807) is 0 Å². The number of hydrogen-bond acceptors (Lipinski definition) is 2. The number of hydrogen-bond donors (Lipinski definition) is 0. The third-order valence-corrected chi connectivity index (χ3v) is 3.71. The molecule has 3 heteroatoms. The predicted molar refractivity (Wildman–Crippen MR) is 66.6 cm³/mol. The van der Waals surface area contributed by atoms with Crippen molar-refractivity contribution in [3.05, 3.63) is 32.9 Å². The van der Waals surface area contributed by atoms with E-state index in [1.165, 1.54) is 21.6 Å². The zero-order valence-electron chi connectivity index (χ0n) is 8.63. The molecule has 0 aliphatic heterocycles. The molecule has 1 aromatic rings. The molecule has 15 heavy (non-hydrogen) atoms. The SMILES string of the molecule is CC(=O)OC1CCCc2c(I)cccc21. The third-order valence-electron chi connectivity index (χ3n) is 2.70. The first-order chi connectivity index (χ1) is 7.18. The van der Waals surface area contributed by atoms with Gasteiger partial charge in [0.15, 0.2) is 0 Å². The zero-order chi connectivity index (χ0) is 10.8. The zero-order valence-corrected chi connectivity index (χ0v) is 10.8. The summed E-state index contributed by atoms with van der Waals surface area (Å²) in [4.78, 5) is 11.0. The van der Waals surface area contributed by atoms with Crippen LogP contribution < -0.4 is 0 Å². The Balaban J connectivity index is 2.34. The van der Waals surface area contributed by atoms with Crippen LogP contribution in [0.4, 0.5) is 0 Å². The van der Waals surface area contributed by atoms with Gasteiger partial charge in [-0.05, 0) is 59.0 Å². The second-order valence-electron chi connectivity index (χ2n) is 3.80. The van der Waals surface area contributed by atoms with Crippen LogP contribution in [0.5, 0.6) is 0 Å². The van der Waals surface area contributed by atoms with Crippen LogP contribution in [-0.2, 0) is 16.0 Å². The second-order valence-corrected chi connectivity index (χ2v) is 4.96. The lowest BCUT2D eigenvalue weighted by Crippen LogP contribution is -2.16. The van der Waals surface area contributed by atoms with Gasteiger partial charge in [-0.1, -0.05) is 12.1 Å². The fourth-order valence-corrected chi connectivity index (χ4v) is 2.87. The van der Waals surface area contributed by atoms with E-state index in [1.807, 2.05) is 6.07 Å². The van der Waals surface area contributed by atoms with E-state index < -0.39 is 0 Å². The van der Waals surface area contributed by atoms with E-state index in [9.17, 15) is 4.79 Å². The van der Waals surface area contributed by atoms with Crippen molar-refractivity contribution in [1.82, 2.24) is 0 Å². The molecule has 0 amide bonds. The minimum atomic E-state index is -0.188. The summed E-state index contributed by atoms with van der Waals surface area (Å²) in [7, 11) is 0. The number of rotatable bonds is 1. The molecule has 0 N–H and O–H groups in total. The number of halogens is 1. The molecular formula is C12H13IO2. The molecule has 0 aromatic heterocycles. The lowest BCUT2D eigenvalue weighted by Gasteiger charge is -2.25. The molecule has 1 aliphatic carbocycles. The monoisotopic (exact) mass is 316 g/mol. The highest BCUT2D eigenvalue weighted by molar-refractivity contribution is 14.1. The van der Waals surface area contributed by atoms with Crippen LogP contribution in [0.25, 0.3) is 0 Å². The van der Waals surface area contributed by atoms with Gasteiger partial charge in [0.1, 0.15) is 6.10 Å². The van der Waals surface area contributed by atoms with Gasteiger partial charge in [-0.25, -0.2) is 0 Å². The van der Waals surface area contributed by atoms with Gasteiger partial charge in [0.25, 0.3) is 0 Å². The van der Waals surface area contributed by atoms with Gasteiger partial charge in [-0.2, -0.15) is 0 Å². The minimum Gasteiger partial charge on any atom is -0.458 e. The van der Waals surface area contributed by atoms with Crippen molar-refractivity contribution < 1.29 is 9.53 Å². The van der Waals surface area contributed by atoms with Gasteiger partial charge in [-0.15, -0.1) is 0 Å². The number of fused-ring (bicyclic) bond motifs is 1. The van der Waals surface area contributed by atoms with E-state index in [2.05, 4.69) is 34.7 Å². The van der Waals surface area contributed by atoms with Crippen LogP contribution in [0.1, 0.15) is 37.0 Å². The van der Waals surface area contributed by atoms with Crippen molar-refractivity contribution in [1.29, 1.82) is 0 Å². The normalized spacial score (nSPS) is 19.5. The molecule has 0 radical (unpaired) electrons. The molecule has 0 spiro atoms. The lowest BCUT2D eigenvalue weighted by atomic mass is 9.89. The first kappa shape index (κ1) is 10.9. The molecule has 2 rings (SSSR count). The molecule has 1 aromatic carbocycles. The fourth-order valence-electron chi connectivity index (χ4n) is 2.08. The van der Waals surface area contributed by atoms with Crippen LogP contribution in [0, 0.1) is 3.57 Å².